The topological polar surface area (TPSA) is 75.8 Å². The summed E-state index contributed by atoms with van der Waals surface area (Å²) in [6, 6.07) is -0.204. The van der Waals surface area contributed by atoms with Crippen LogP contribution in [-0.4, -0.2) is 46.9 Å². The van der Waals surface area contributed by atoms with Crippen LogP contribution in [0.2, 0.25) is 0 Å². The molecule has 1 atom stereocenters. The van der Waals surface area contributed by atoms with E-state index in [2.05, 4.69) is 0 Å². The first-order chi connectivity index (χ1) is 7.67. The van der Waals surface area contributed by atoms with Gasteiger partial charge < -0.3 is 20.5 Å². The van der Waals surface area contributed by atoms with Gasteiger partial charge in [-0.15, -0.1) is 0 Å². The highest BCUT2D eigenvalue weighted by atomic mass is 16.6. The Labute approximate surface area is 104 Å². The average molecular weight is 246 g/mol. The van der Waals surface area contributed by atoms with Crippen molar-refractivity contribution < 1.29 is 14.6 Å². The molecule has 0 rings (SSSR count). The van der Waals surface area contributed by atoms with Gasteiger partial charge in [0.15, 0.2) is 0 Å². The molecule has 1 amide bonds. The minimum Gasteiger partial charge on any atom is -0.444 e. The summed E-state index contributed by atoms with van der Waals surface area (Å²) in [5.41, 5.74) is 5.31. The third-order valence-electron chi connectivity index (χ3n) is 2.18. The Hall–Kier alpha value is -0.810. The lowest BCUT2D eigenvalue weighted by molar-refractivity contribution is 0.0173. The summed E-state index contributed by atoms with van der Waals surface area (Å²) >= 11 is 0. The third-order valence-corrected chi connectivity index (χ3v) is 2.18. The molecule has 0 fully saturated rings. The molecule has 0 spiro atoms. The van der Waals surface area contributed by atoms with Gasteiger partial charge >= 0.3 is 6.09 Å². The van der Waals surface area contributed by atoms with Crippen molar-refractivity contribution >= 4 is 6.09 Å². The molecule has 102 valence electrons. The maximum atomic E-state index is 11.9. The molecule has 0 aliphatic rings. The van der Waals surface area contributed by atoms with Gasteiger partial charge in [-0.3, -0.25) is 0 Å². The molecule has 0 saturated heterocycles. The predicted molar refractivity (Wildman–Crippen MR) is 67.8 cm³/mol. The van der Waals surface area contributed by atoms with Gasteiger partial charge in [0.1, 0.15) is 5.60 Å². The van der Waals surface area contributed by atoms with E-state index in [4.69, 9.17) is 15.6 Å². The Bertz CT molecular complexity index is 236. The lowest BCUT2D eigenvalue weighted by atomic mass is 10.2. The summed E-state index contributed by atoms with van der Waals surface area (Å²) in [4.78, 5) is 13.5. The Morgan fingerprint density at radius 3 is 2.29 bits per heavy atom. The normalized spacial score (nSPS) is 13.6. The van der Waals surface area contributed by atoms with Gasteiger partial charge in [0.25, 0.3) is 0 Å². The Kier molecular flexibility index (Phi) is 6.49. The SMILES string of the molecule is CC(C)N(CC(N)CCO)C(=O)OC(C)(C)C. The van der Waals surface area contributed by atoms with E-state index in [1.54, 1.807) is 4.90 Å². The molecule has 5 nitrogen and oxygen atoms in total. The van der Waals surface area contributed by atoms with Crippen molar-refractivity contribution in [3.8, 4) is 0 Å². The number of hydrogen-bond donors (Lipinski definition) is 2. The Balaban J connectivity index is 4.47. The molecule has 0 aromatic carbocycles. The first kappa shape index (κ1) is 16.2. The standard InChI is InChI=1S/C12H26N2O3/c1-9(2)14(8-10(13)6-7-15)11(16)17-12(3,4)5/h9-10,15H,6-8,13H2,1-5H3. The number of rotatable bonds is 5. The van der Waals surface area contributed by atoms with Crippen molar-refractivity contribution in [2.75, 3.05) is 13.2 Å². The second-order valence-electron chi connectivity index (χ2n) is 5.50. The van der Waals surface area contributed by atoms with Crippen molar-refractivity contribution in [2.45, 2.75) is 58.7 Å². The zero-order chi connectivity index (χ0) is 13.6. The molecule has 0 aromatic rings. The van der Waals surface area contributed by atoms with Crippen molar-refractivity contribution in [2.24, 2.45) is 5.73 Å². The predicted octanol–water partition coefficient (Wildman–Crippen LogP) is 1.34. The number of nitrogens with zero attached hydrogens (tertiary/aromatic N) is 1. The van der Waals surface area contributed by atoms with Crippen molar-refractivity contribution in [3.63, 3.8) is 0 Å². The van der Waals surface area contributed by atoms with E-state index < -0.39 is 5.60 Å². The first-order valence-corrected chi connectivity index (χ1v) is 6.03. The van der Waals surface area contributed by atoms with E-state index in [1.165, 1.54) is 0 Å². The Morgan fingerprint density at radius 1 is 1.41 bits per heavy atom. The van der Waals surface area contributed by atoms with Crippen molar-refractivity contribution in [3.05, 3.63) is 0 Å². The number of nitrogens with two attached hydrogens (primary N) is 1. The summed E-state index contributed by atoms with van der Waals surface area (Å²) < 4.78 is 5.31. The quantitative estimate of drug-likeness (QED) is 0.767. The van der Waals surface area contributed by atoms with Crippen molar-refractivity contribution in [1.29, 1.82) is 0 Å². The molecule has 0 radical (unpaired) electrons. The fourth-order valence-corrected chi connectivity index (χ4v) is 1.33. The average Bonchev–Trinajstić information content (AvgIpc) is 2.11. The second-order valence-corrected chi connectivity index (χ2v) is 5.50. The smallest absolute Gasteiger partial charge is 0.410 e. The number of ether oxygens (including phenoxy) is 1. The van der Waals surface area contributed by atoms with Gasteiger partial charge in [0, 0.05) is 25.2 Å². The van der Waals surface area contributed by atoms with Crippen LogP contribution in [0.4, 0.5) is 4.79 Å². The van der Waals surface area contributed by atoms with E-state index in [9.17, 15) is 4.79 Å². The molecule has 0 aliphatic heterocycles. The number of carbonyl (C=O) groups excluding carboxylic acids is 1. The highest BCUT2D eigenvalue weighted by Gasteiger charge is 2.25. The van der Waals surface area contributed by atoms with Crippen LogP contribution < -0.4 is 5.73 Å². The van der Waals surface area contributed by atoms with Crippen LogP contribution in [0.5, 0.6) is 0 Å². The van der Waals surface area contributed by atoms with Gasteiger partial charge in [-0.1, -0.05) is 0 Å². The lowest BCUT2D eigenvalue weighted by Gasteiger charge is -2.31. The molecule has 5 heteroatoms. The van der Waals surface area contributed by atoms with Crippen LogP contribution in [-0.2, 0) is 4.74 Å². The van der Waals surface area contributed by atoms with Crippen LogP contribution >= 0.6 is 0 Å². The molecule has 17 heavy (non-hydrogen) atoms. The second kappa shape index (κ2) is 6.81. The van der Waals surface area contributed by atoms with Crippen LogP contribution in [0, 0.1) is 0 Å². The zero-order valence-electron chi connectivity index (χ0n) is 11.6. The lowest BCUT2D eigenvalue weighted by Crippen LogP contribution is -2.47. The van der Waals surface area contributed by atoms with Gasteiger partial charge in [-0.2, -0.15) is 0 Å². The van der Waals surface area contributed by atoms with Crippen LogP contribution in [0.15, 0.2) is 0 Å². The monoisotopic (exact) mass is 246 g/mol. The first-order valence-electron chi connectivity index (χ1n) is 6.03. The molecule has 0 heterocycles. The maximum absolute atomic E-state index is 11.9. The molecule has 1 unspecified atom stereocenters. The number of aliphatic hydroxyl groups excluding tert-OH is 1. The largest absolute Gasteiger partial charge is 0.444 e. The highest BCUT2D eigenvalue weighted by molar-refractivity contribution is 5.68. The molecule has 0 saturated carbocycles. The van der Waals surface area contributed by atoms with Gasteiger partial charge in [-0.25, -0.2) is 4.79 Å². The van der Waals surface area contributed by atoms with E-state index in [0.29, 0.717) is 13.0 Å². The van der Waals surface area contributed by atoms with Gasteiger partial charge in [0.2, 0.25) is 0 Å². The van der Waals surface area contributed by atoms with E-state index in [0.717, 1.165) is 0 Å². The van der Waals surface area contributed by atoms with Gasteiger partial charge in [-0.05, 0) is 41.0 Å². The van der Waals surface area contributed by atoms with Gasteiger partial charge in [0.05, 0.1) is 0 Å². The van der Waals surface area contributed by atoms with E-state index in [-0.39, 0.29) is 24.8 Å². The minimum absolute atomic E-state index is 0.0228. The molecular formula is C12H26N2O3. The molecular weight excluding hydrogens is 220 g/mol. The summed E-state index contributed by atoms with van der Waals surface area (Å²) in [5.74, 6) is 0. The number of carbonyl (C=O) groups is 1. The number of amides is 1. The minimum atomic E-state index is -0.509. The third kappa shape index (κ3) is 7.18. The summed E-state index contributed by atoms with van der Waals surface area (Å²) in [6.07, 6.45) is 0.118. The van der Waals surface area contributed by atoms with Crippen LogP contribution in [0.3, 0.4) is 0 Å². The van der Waals surface area contributed by atoms with E-state index in [1.807, 2.05) is 34.6 Å². The summed E-state index contributed by atoms with van der Waals surface area (Å²) in [7, 11) is 0. The maximum Gasteiger partial charge on any atom is 0.410 e. The Morgan fingerprint density at radius 2 is 1.94 bits per heavy atom. The zero-order valence-corrected chi connectivity index (χ0v) is 11.6. The van der Waals surface area contributed by atoms with Crippen molar-refractivity contribution in [1.82, 2.24) is 4.90 Å². The van der Waals surface area contributed by atoms with Crippen LogP contribution in [0.1, 0.15) is 41.0 Å². The summed E-state index contributed by atoms with van der Waals surface area (Å²) in [6.45, 7) is 9.74. The summed E-state index contributed by atoms with van der Waals surface area (Å²) in [5, 5.41) is 8.80. The molecule has 0 aromatic heterocycles. The molecule has 0 aliphatic carbocycles. The van der Waals surface area contributed by atoms with E-state index >= 15 is 0 Å². The fourth-order valence-electron chi connectivity index (χ4n) is 1.33. The highest BCUT2D eigenvalue weighted by Crippen LogP contribution is 2.12. The molecule has 0 bridgehead atoms. The van der Waals surface area contributed by atoms with Crippen LogP contribution in [0.25, 0.3) is 0 Å². The number of hydrogen-bond acceptors (Lipinski definition) is 4. The fraction of sp³-hybridized carbons (Fsp3) is 0.917. The molecule has 3 N–H and O–H groups in total. The number of aliphatic hydroxyl groups is 1.